The Labute approximate surface area is 82.4 Å². The fourth-order valence-electron chi connectivity index (χ4n) is 1.55. The van der Waals surface area contributed by atoms with Crippen molar-refractivity contribution in [3.05, 3.63) is 28.7 Å². The van der Waals surface area contributed by atoms with Crippen LogP contribution >= 0.6 is 0 Å². The first-order chi connectivity index (χ1) is 6.81. The van der Waals surface area contributed by atoms with Gasteiger partial charge in [-0.05, 0) is 24.6 Å². The van der Waals surface area contributed by atoms with Crippen molar-refractivity contribution in [2.45, 2.75) is 13.3 Å². The van der Waals surface area contributed by atoms with Crippen LogP contribution < -0.4 is 9.75 Å². The van der Waals surface area contributed by atoms with E-state index >= 15 is 0 Å². The maximum atomic E-state index is 10.6. The van der Waals surface area contributed by atoms with Gasteiger partial charge >= 0.3 is 0 Å². The lowest BCUT2D eigenvalue weighted by atomic mass is 10.2. The van der Waals surface area contributed by atoms with E-state index in [9.17, 15) is 4.91 Å². The summed E-state index contributed by atoms with van der Waals surface area (Å²) in [6.45, 7) is 3.26. The second-order valence-electron chi connectivity index (χ2n) is 3.38. The molecule has 0 fully saturated rings. The second kappa shape index (κ2) is 3.65. The van der Waals surface area contributed by atoms with Gasteiger partial charge in [-0.1, -0.05) is 6.07 Å². The molecule has 0 bridgehead atoms. The lowest BCUT2D eigenvalue weighted by Crippen LogP contribution is -2.15. The Kier molecular flexibility index (Phi) is 2.35. The third kappa shape index (κ3) is 1.55. The molecule has 0 atom stereocenters. The molecule has 0 radical (unpaired) electrons. The van der Waals surface area contributed by atoms with Gasteiger partial charge in [0.15, 0.2) is 0 Å². The van der Waals surface area contributed by atoms with Gasteiger partial charge in [-0.2, -0.15) is 0 Å². The molecule has 0 saturated carbocycles. The van der Waals surface area contributed by atoms with Crippen molar-refractivity contribution in [3.8, 4) is 5.75 Å². The van der Waals surface area contributed by atoms with E-state index in [0.717, 1.165) is 23.4 Å². The summed E-state index contributed by atoms with van der Waals surface area (Å²) in [5.41, 5.74) is 1.89. The van der Waals surface area contributed by atoms with Crippen LogP contribution in [0.1, 0.15) is 12.0 Å². The molecule has 0 saturated heterocycles. The first-order valence-electron chi connectivity index (χ1n) is 4.65. The molecule has 4 heteroatoms. The van der Waals surface area contributed by atoms with Crippen molar-refractivity contribution in [1.29, 1.82) is 0 Å². The molecule has 74 valence electrons. The lowest BCUT2D eigenvalue weighted by molar-refractivity contribution is 0.322. The summed E-state index contributed by atoms with van der Waals surface area (Å²) in [4.78, 5) is 10.6. The fraction of sp³-hybridized carbons (Fsp3) is 0.400. The van der Waals surface area contributed by atoms with Crippen LogP contribution in [0.3, 0.4) is 0 Å². The molecular weight excluding hydrogens is 180 g/mol. The van der Waals surface area contributed by atoms with Gasteiger partial charge in [0.2, 0.25) is 0 Å². The Balaban J connectivity index is 2.44. The summed E-state index contributed by atoms with van der Waals surface area (Å²) < 4.78 is 5.52. The highest BCUT2D eigenvalue weighted by Crippen LogP contribution is 2.31. The van der Waals surface area contributed by atoms with Crippen LogP contribution in [0.25, 0.3) is 0 Å². The van der Waals surface area contributed by atoms with Gasteiger partial charge in [-0.25, -0.2) is 5.01 Å². The normalized spacial score (nSPS) is 15.4. The molecule has 1 aliphatic rings. The monoisotopic (exact) mass is 192 g/mol. The van der Waals surface area contributed by atoms with Crippen LogP contribution in [-0.4, -0.2) is 13.2 Å². The Morgan fingerprint density at radius 1 is 1.50 bits per heavy atom. The molecule has 4 nitrogen and oxygen atoms in total. The van der Waals surface area contributed by atoms with Gasteiger partial charge < -0.3 is 4.74 Å². The van der Waals surface area contributed by atoms with Crippen molar-refractivity contribution >= 4 is 5.69 Å². The van der Waals surface area contributed by atoms with Crippen molar-refractivity contribution < 1.29 is 4.74 Å². The van der Waals surface area contributed by atoms with E-state index in [0.29, 0.717) is 13.2 Å². The van der Waals surface area contributed by atoms with Crippen LogP contribution in [0.4, 0.5) is 5.69 Å². The van der Waals surface area contributed by atoms with Crippen molar-refractivity contribution in [2.24, 2.45) is 5.29 Å². The van der Waals surface area contributed by atoms with Crippen LogP contribution in [0.5, 0.6) is 5.75 Å². The minimum atomic E-state index is 0.625. The zero-order valence-corrected chi connectivity index (χ0v) is 8.06. The van der Waals surface area contributed by atoms with Gasteiger partial charge in [-0.15, -0.1) is 4.91 Å². The zero-order valence-electron chi connectivity index (χ0n) is 8.06. The summed E-state index contributed by atoms with van der Waals surface area (Å²) in [7, 11) is 0. The van der Waals surface area contributed by atoms with Crippen molar-refractivity contribution in [2.75, 3.05) is 18.2 Å². The number of benzene rings is 1. The first kappa shape index (κ1) is 8.99. The van der Waals surface area contributed by atoms with E-state index in [2.05, 4.69) is 5.29 Å². The SMILES string of the molecule is Cc1ccc2c(c1)OCCCN2N=O. The maximum Gasteiger partial charge on any atom is 0.144 e. The van der Waals surface area contributed by atoms with Gasteiger partial charge in [0, 0.05) is 13.0 Å². The third-order valence-electron chi connectivity index (χ3n) is 2.26. The largest absolute Gasteiger partial charge is 0.491 e. The molecular formula is C10H12N2O2. The number of ether oxygens (including phenoxy) is 1. The van der Waals surface area contributed by atoms with E-state index in [1.807, 2.05) is 25.1 Å². The molecule has 0 spiro atoms. The smallest absolute Gasteiger partial charge is 0.144 e. The quantitative estimate of drug-likeness (QED) is 0.641. The number of nitrogens with zero attached hydrogens (tertiary/aromatic N) is 2. The predicted molar refractivity (Wildman–Crippen MR) is 54.4 cm³/mol. The topological polar surface area (TPSA) is 41.9 Å². The van der Waals surface area contributed by atoms with Crippen LogP contribution in [0, 0.1) is 11.8 Å². The maximum absolute atomic E-state index is 10.6. The van der Waals surface area contributed by atoms with Crippen molar-refractivity contribution in [1.82, 2.24) is 0 Å². The van der Waals surface area contributed by atoms with Gasteiger partial charge in [0.1, 0.15) is 11.4 Å². The molecule has 14 heavy (non-hydrogen) atoms. The highest BCUT2D eigenvalue weighted by molar-refractivity contribution is 5.59. The third-order valence-corrected chi connectivity index (χ3v) is 2.26. The van der Waals surface area contributed by atoms with E-state index in [-0.39, 0.29) is 0 Å². The van der Waals surface area contributed by atoms with E-state index < -0.39 is 0 Å². The average Bonchev–Trinajstić information content (AvgIpc) is 2.38. The molecule has 1 heterocycles. The number of hydrogen-bond acceptors (Lipinski definition) is 3. The summed E-state index contributed by atoms with van der Waals surface area (Å²) >= 11 is 0. The van der Waals surface area contributed by atoms with Gasteiger partial charge in [0.05, 0.1) is 11.9 Å². The van der Waals surface area contributed by atoms with E-state index in [1.54, 1.807) is 0 Å². The highest BCUT2D eigenvalue weighted by Gasteiger charge is 2.16. The standard InChI is InChI=1S/C10H12N2O2/c1-8-3-4-9-10(7-8)14-6-2-5-12(9)11-13/h3-4,7H,2,5-6H2,1H3. The first-order valence-corrected chi connectivity index (χ1v) is 4.65. The summed E-state index contributed by atoms with van der Waals surface area (Å²) in [6.07, 6.45) is 0.819. The minimum Gasteiger partial charge on any atom is -0.491 e. The van der Waals surface area contributed by atoms with Crippen LogP contribution in [0.15, 0.2) is 23.5 Å². The fourth-order valence-corrected chi connectivity index (χ4v) is 1.55. The van der Waals surface area contributed by atoms with E-state index in [4.69, 9.17) is 4.74 Å². The summed E-state index contributed by atoms with van der Waals surface area (Å²) in [6, 6.07) is 5.75. The Morgan fingerprint density at radius 2 is 2.36 bits per heavy atom. The van der Waals surface area contributed by atoms with Crippen LogP contribution in [0.2, 0.25) is 0 Å². The highest BCUT2D eigenvalue weighted by atomic mass is 16.5. The van der Waals surface area contributed by atoms with Crippen molar-refractivity contribution in [3.63, 3.8) is 0 Å². The van der Waals surface area contributed by atoms with Crippen LogP contribution in [-0.2, 0) is 0 Å². The Bertz CT molecular complexity index is 352. The number of nitroso groups, excluding NO2 is 1. The molecule has 0 N–H and O–H groups in total. The van der Waals surface area contributed by atoms with Gasteiger partial charge in [0.25, 0.3) is 0 Å². The summed E-state index contributed by atoms with van der Waals surface area (Å²) in [5.74, 6) is 0.752. The lowest BCUT2D eigenvalue weighted by Gasteiger charge is -2.13. The molecule has 0 aliphatic carbocycles. The molecule has 1 aliphatic heterocycles. The zero-order chi connectivity index (χ0) is 9.97. The molecule has 0 amide bonds. The Morgan fingerprint density at radius 3 is 3.14 bits per heavy atom. The number of rotatable bonds is 1. The molecule has 0 aromatic heterocycles. The minimum absolute atomic E-state index is 0.625. The number of anilines is 1. The van der Waals surface area contributed by atoms with Gasteiger partial charge in [-0.3, -0.25) is 0 Å². The second-order valence-corrected chi connectivity index (χ2v) is 3.38. The number of hydrogen-bond donors (Lipinski definition) is 0. The number of fused-ring (bicyclic) bond motifs is 1. The molecule has 1 aromatic carbocycles. The molecule has 1 aromatic rings. The average molecular weight is 192 g/mol. The predicted octanol–water partition coefficient (Wildman–Crippen LogP) is 2.27. The Hall–Kier alpha value is -1.58. The summed E-state index contributed by atoms with van der Waals surface area (Å²) in [5, 5.41) is 4.43. The number of aryl methyl sites for hydroxylation is 1. The molecule has 0 unspecified atom stereocenters. The van der Waals surface area contributed by atoms with E-state index in [1.165, 1.54) is 5.01 Å². The molecule has 2 rings (SSSR count).